The Morgan fingerprint density at radius 1 is 1.00 bits per heavy atom. The van der Waals surface area contributed by atoms with Gasteiger partial charge in [-0.3, -0.25) is 14.4 Å². The maximum absolute atomic E-state index is 13.1. The van der Waals surface area contributed by atoms with Crippen LogP contribution in [0.4, 0.5) is 0 Å². The Bertz CT molecular complexity index is 1100. The van der Waals surface area contributed by atoms with Crippen LogP contribution in [0, 0.1) is 5.92 Å². The maximum Gasteiger partial charge on any atom is 0.326 e. The van der Waals surface area contributed by atoms with Crippen molar-refractivity contribution in [1.82, 2.24) is 20.9 Å². The van der Waals surface area contributed by atoms with Gasteiger partial charge in [0.1, 0.15) is 18.1 Å². The minimum atomic E-state index is -1.41. The molecular formula is C26H39N5O6S. The molecule has 5 unspecified atom stereocenters. The normalized spacial score (nSPS) is 15.3. The van der Waals surface area contributed by atoms with Crippen LogP contribution in [0.15, 0.2) is 30.5 Å². The number of H-pyrrole nitrogens is 1. The summed E-state index contributed by atoms with van der Waals surface area (Å²) in [5, 5.41) is 28.1. The minimum absolute atomic E-state index is 0.00408. The number of aromatic nitrogens is 1. The summed E-state index contributed by atoms with van der Waals surface area (Å²) < 4.78 is 0. The molecule has 11 nitrogen and oxygen atoms in total. The Balaban J connectivity index is 2.09. The number of hydrogen-bond acceptors (Lipinski definition) is 7. The zero-order chi connectivity index (χ0) is 28.4. The summed E-state index contributed by atoms with van der Waals surface area (Å²) in [6.07, 6.45) is 3.03. The van der Waals surface area contributed by atoms with Crippen molar-refractivity contribution in [2.45, 2.75) is 70.3 Å². The molecule has 2 aromatic rings. The number of nitrogens with two attached hydrogens (primary N) is 1. The van der Waals surface area contributed by atoms with Crippen LogP contribution in [0.3, 0.4) is 0 Å². The van der Waals surface area contributed by atoms with E-state index >= 15 is 0 Å². The van der Waals surface area contributed by atoms with Crippen LogP contribution in [0.5, 0.6) is 0 Å². The van der Waals surface area contributed by atoms with E-state index in [0.717, 1.165) is 16.5 Å². The highest BCUT2D eigenvalue weighted by Gasteiger charge is 2.33. The average Bonchev–Trinajstić information content (AvgIpc) is 3.26. The molecule has 0 saturated heterocycles. The predicted molar refractivity (Wildman–Crippen MR) is 148 cm³/mol. The number of rotatable bonds is 15. The number of nitrogens with one attached hydrogen (secondary N) is 4. The van der Waals surface area contributed by atoms with Crippen LogP contribution in [-0.4, -0.2) is 81.2 Å². The van der Waals surface area contributed by atoms with Gasteiger partial charge in [0.2, 0.25) is 17.7 Å². The number of hydrogen-bond donors (Lipinski definition) is 7. The standard InChI is InChI=1S/C26H39N5O6S/c1-14(2)11-21(26(36)37)30-25(35)22(15(3)32)31-24(34)20(9-10-38-4)29-23(33)18(27)12-16-13-28-19-8-6-5-7-17(16)19/h5-8,13-15,18,20-22,28,32H,9-12,27H2,1-4H3,(H,29,33)(H,30,35)(H,31,34)(H,36,37). The molecular weight excluding hydrogens is 510 g/mol. The van der Waals surface area contributed by atoms with Gasteiger partial charge >= 0.3 is 5.97 Å². The van der Waals surface area contributed by atoms with Crippen molar-refractivity contribution in [3.8, 4) is 0 Å². The third kappa shape index (κ3) is 9.03. The zero-order valence-corrected chi connectivity index (χ0v) is 23.0. The van der Waals surface area contributed by atoms with E-state index in [1.165, 1.54) is 18.7 Å². The molecule has 0 aliphatic carbocycles. The topological polar surface area (TPSA) is 187 Å². The minimum Gasteiger partial charge on any atom is -0.480 e. The van der Waals surface area contributed by atoms with Crippen molar-refractivity contribution >= 4 is 46.4 Å². The van der Waals surface area contributed by atoms with Gasteiger partial charge in [-0.15, -0.1) is 0 Å². The molecule has 0 aliphatic heterocycles. The number of carbonyl (C=O) groups excluding carboxylic acids is 3. The SMILES string of the molecule is CSCCC(NC(=O)C(N)Cc1c[nH]c2ccccc12)C(=O)NC(C(=O)NC(CC(C)C)C(=O)O)C(C)O. The van der Waals surface area contributed by atoms with Crippen molar-refractivity contribution in [3.63, 3.8) is 0 Å². The van der Waals surface area contributed by atoms with Gasteiger partial charge in [0.15, 0.2) is 0 Å². The van der Waals surface area contributed by atoms with Gasteiger partial charge in [-0.2, -0.15) is 11.8 Å². The molecule has 210 valence electrons. The van der Waals surface area contributed by atoms with Gasteiger partial charge in [-0.05, 0) is 55.7 Å². The number of para-hydroxylation sites is 1. The monoisotopic (exact) mass is 549 g/mol. The predicted octanol–water partition coefficient (Wildman–Crippen LogP) is 0.757. The van der Waals surface area contributed by atoms with Gasteiger partial charge in [0, 0.05) is 17.1 Å². The Morgan fingerprint density at radius 3 is 2.26 bits per heavy atom. The van der Waals surface area contributed by atoms with E-state index in [0.29, 0.717) is 5.75 Å². The number of amides is 3. The summed E-state index contributed by atoms with van der Waals surface area (Å²) >= 11 is 1.48. The quantitative estimate of drug-likeness (QED) is 0.170. The number of fused-ring (bicyclic) bond motifs is 1. The molecule has 1 aromatic heterocycles. The van der Waals surface area contributed by atoms with Crippen molar-refractivity contribution in [1.29, 1.82) is 0 Å². The third-order valence-corrected chi connectivity index (χ3v) is 6.72. The molecule has 0 saturated carbocycles. The van der Waals surface area contributed by atoms with Gasteiger partial charge in [0.05, 0.1) is 12.1 Å². The molecule has 2 rings (SSSR count). The lowest BCUT2D eigenvalue weighted by Gasteiger charge is -2.27. The number of carbonyl (C=O) groups is 4. The summed E-state index contributed by atoms with van der Waals surface area (Å²) in [6.45, 7) is 4.95. The average molecular weight is 550 g/mol. The van der Waals surface area contributed by atoms with E-state index in [-0.39, 0.29) is 25.2 Å². The molecule has 0 fully saturated rings. The summed E-state index contributed by atoms with van der Waals surface area (Å²) in [5.41, 5.74) is 7.97. The molecule has 5 atom stereocenters. The van der Waals surface area contributed by atoms with E-state index in [9.17, 15) is 29.4 Å². The lowest BCUT2D eigenvalue weighted by Crippen LogP contribution is -2.60. The van der Waals surface area contributed by atoms with E-state index in [2.05, 4.69) is 20.9 Å². The summed E-state index contributed by atoms with van der Waals surface area (Å²) in [5.74, 6) is -2.71. The first kappa shape index (κ1) is 31.1. The van der Waals surface area contributed by atoms with E-state index in [4.69, 9.17) is 5.73 Å². The maximum atomic E-state index is 13.1. The molecule has 12 heteroatoms. The highest BCUT2D eigenvalue weighted by Crippen LogP contribution is 2.19. The highest BCUT2D eigenvalue weighted by molar-refractivity contribution is 7.98. The van der Waals surface area contributed by atoms with Crippen molar-refractivity contribution in [2.75, 3.05) is 12.0 Å². The number of thioether (sulfide) groups is 1. The van der Waals surface area contributed by atoms with Gasteiger partial charge in [-0.1, -0.05) is 32.0 Å². The number of aromatic amines is 1. The Kier molecular flexibility index (Phi) is 12.1. The number of carboxylic acids is 1. The fourth-order valence-electron chi connectivity index (χ4n) is 4.03. The second-order valence-electron chi connectivity index (χ2n) is 9.77. The number of benzene rings is 1. The van der Waals surface area contributed by atoms with Crippen molar-refractivity contribution < 1.29 is 29.4 Å². The zero-order valence-electron chi connectivity index (χ0n) is 22.2. The molecule has 0 aliphatic rings. The van der Waals surface area contributed by atoms with E-state index in [1.54, 1.807) is 6.20 Å². The number of aliphatic carboxylic acids is 1. The van der Waals surface area contributed by atoms with Crippen LogP contribution in [0.1, 0.15) is 39.2 Å². The molecule has 1 heterocycles. The summed E-state index contributed by atoms with van der Waals surface area (Å²) in [4.78, 5) is 53.6. The molecule has 8 N–H and O–H groups in total. The second kappa shape index (κ2) is 14.7. The van der Waals surface area contributed by atoms with Crippen molar-refractivity contribution in [2.24, 2.45) is 11.7 Å². The highest BCUT2D eigenvalue weighted by atomic mass is 32.2. The fourth-order valence-corrected chi connectivity index (χ4v) is 4.50. The number of aliphatic hydroxyl groups is 1. The Morgan fingerprint density at radius 2 is 1.66 bits per heavy atom. The van der Waals surface area contributed by atoms with Crippen LogP contribution < -0.4 is 21.7 Å². The lowest BCUT2D eigenvalue weighted by atomic mass is 10.0. The third-order valence-electron chi connectivity index (χ3n) is 6.08. The smallest absolute Gasteiger partial charge is 0.326 e. The first-order chi connectivity index (χ1) is 17.9. The van der Waals surface area contributed by atoms with Crippen LogP contribution in [-0.2, 0) is 25.6 Å². The molecule has 0 spiro atoms. The first-order valence-corrected chi connectivity index (χ1v) is 13.9. The lowest BCUT2D eigenvalue weighted by molar-refractivity contribution is -0.143. The van der Waals surface area contributed by atoms with Crippen LogP contribution >= 0.6 is 11.8 Å². The van der Waals surface area contributed by atoms with Gasteiger partial charge in [0.25, 0.3) is 0 Å². The Hall–Kier alpha value is -3.09. The second-order valence-corrected chi connectivity index (χ2v) is 10.8. The molecule has 1 aromatic carbocycles. The molecule has 0 bridgehead atoms. The van der Waals surface area contributed by atoms with E-state index in [1.807, 2.05) is 44.4 Å². The molecule has 0 radical (unpaired) electrons. The molecule has 38 heavy (non-hydrogen) atoms. The summed E-state index contributed by atoms with van der Waals surface area (Å²) in [6, 6.07) is 3.12. The van der Waals surface area contributed by atoms with Gasteiger partial charge < -0.3 is 36.9 Å². The van der Waals surface area contributed by atoms with Crippen LogP contribution in [0.25, 0.3) is 10.9 Å². The number of aliphatic hydroxyl groups excluding tert-OH is 1. The summed E-state index contributed by atoms with van der Waals surface area (Å²) in [7, 11) is 0. The molecule has 3 amide bonds. The van der Waals surface area contributed by atoms with Crippen LogP contribution in [0.2, 0.25) is 0 Å². The largest absolute Gasteiger partial charge is 0.480 e. The van der Waals surface area contributed by atoms with E-state index < -0.39 is 54.0 Å². The number of carboxylic acid groups (broad SMARTS) is 1. The first-order valence-electron chi connectivity index (χ1n) is 12.6. The van der Waals surface area contributed by atoms with Gasteiger partial charge in [-0.25, -0.2) is 4.79 Å². The fraction of sp³-hybridized carbons (Fsp3) is 0.538. The van der Waals surface area contributed by atoms with Crippen molar-refractivity contribution in [3.05, 3.63) is 36.0 Å². The Labute approximate surface area is 226 Å².